The van der Waals surface area contributed by atoms with E-state index in [1.54, 1.807) is 0 Å². The summed E-state index contributed by atoms with van der Waals surface area (Å²) >= 11 is 0. The fourth-order valence-corrected chi connectivity index (χ4v) is 7.96. The van der Waals surface area contributed by atoms with E-state index >= 15 is 0 Å². The molecule has 248 valence electrons. The second kappa shape index (κ2) is 13.0. The summed E-state index contributed by atoms with van der Waals surface area (Å²) in [6, 6.07) is 77.2. The molecular weight excluding hydrogens is 639 g/mol. The zero-order valence-electron chi connectivity index (χ0n) is 29.2. The van der Waals surface area contributed by atoms with Crippen molar-refractivity contribution in [3.63, 3.8) is 0 Å². The van der Waals surface area contributed by atoms with Crippen LogP contribution in [0.1, 0.15) is 0 Å². The highest BCUT2D eigenvalue weighted by molar-refractivity contribution is 6.17. The highest BCUT2D eigenvalue weighted by Gasteiger charge is 2.15. The van der Waals surface area contributed by atoms with Gasteiger partial charge in [-0.05, 0) is 119 Å². The van der Waals surface area contributed by atoms with Crippen LogP contribution >= 0.6 is 0 Å². The predicted molar refractivity (Wildman–Crippen MR) is 227 cm³/mol. The fourth-order valence-electron chi connectivity index (χ4n) is 7.96. The summed E-state index contributed by atoms with van der Waals surface area (Å²) in [5.74, 6) is 0. The molecule has 0 N–H and O–H groups in total. The normalized spacial score (nSPS) is 11.4. The quantitative estimate of drug-likeness (QED) is 0.159. The van der Waals surface area contributed by atoms with E-state index < -0.39 is 0 Å². The molecule has 10 aromatic carbocycles. The van der Waals surface area contributed by atoms with Gasteiger partial charge in [-0.3, -0.25) is 0 Å². The minimum atomic E-state index is 1.11. The molecule has 0 radical (unpaired) electrons. The molecule has 0 fully saturated rings. The Morgan fingerprint density at radius 1 is 0.226 bits per heavy atom. The van der Waals surface area contributed by atoms with Crippen molar-refractivity contribution >= 4 is 60.2 Å². The smallest absolute Gasteiger partial charge is 0.0462 e. The van der Waals surface area contributed by atoms with E-state index in [2.05, 4.69) is 217 Å². The highest BCUT2D eigenvalue weighted by Crippen LogP contribution is 2.39. The average Bonchev–Trinajstić information content (AvgIpc) is 3.24. The number of anilines is 3. The highest BCUT2D eigenvalue weighted by atomic mass is 15.1. The van der Waals surface area contributed by atoms with E-state index in [0.717, 1.165) is 17.1 Å². The molecule has 1 heteroatoms. The number of rotatable bonds is 6. The van der Waals surface area contributed by atoms with Crippen LogP contribution in [0.5, 0.6) is 0 Å². The Balaban J connectivity index is 1.02. The number of fused-ring (bicyclic) bond motifs is 6. The molecule has 0 aromatic heterocycles. The van der Waals surface area contributed by atoms with Crippen LogP contribution in [0.4, 0.5) is 17.1 Å². The average molecular weight is 674 g/mol. The number of hydrogen-bond donors (Lipinski definition) is 0. The molecule has 0 saturated heterocycles. The van der Waals surface area contributed by atoms with Gasteiger partial charge >= 0.3 is 0 Å². The molecule has 1 nitrogen and oxygen atoms in total. The maximum Gasteiger partial charge on any atom is 0.0462 e. The summed E-state index contributed by atoms with van der Waals surface area (Å²) < 4.78 is 0. The Morgan fingerprint density at radius 2 is 0.660 bits per heavy atom. The molecule has 0 unspecified atom stereocenters. The third kappa shape index (κ3) is 5.60. The molecule has 0 saturated carbocycles. The third-order valence-corrected chi connectivity index (χ3v) is 10.7. The van der Waals surface area contributed by atoms with E-state index in [1.807, 2.05) is 0 Å². The van der Waals surface area contributed by atoms with Crippen molar-refractivity contribution in [3.8, 4) is 33.4 Å². The summed E-state index contributed by atoms with van der Waals surface area (Å²) in [6.07, 6.45) is 0. The van der Waals surface area contributed by atoms with E-state index in [0.29, 0.717) is 0 Å². The first kappa shape index (κ1) is 30.8. The Bertz CT molecular complexity index is 2900. The lowest BCUT2D eigenvalue weighted by atomic mass is 9.95. The largest absolute Gasteiger partial charge is 0.311 e. The Morgan fingerprint density at radius 3 is 1.32 bits per heavy atom. The Kier molecular flexibility index (Phi) is 7.55. The van der Waals surface area contributed by atoms with Crippen molar-refractivity contribution in [2.75, 3.05) is 4.90 Å². The molecule has 0 heterocycles. The predicted octanol–water partition coefficient (Wildman–Crippen LogP) is 14.8. The third-order valence-electron chi connectivity index (χ3n) is 10.7. The van der Waals surface area contributed by atoms with Crippen LogP contribution in [0.25, 0.3) is 76.5 Å². The summed E-state index contributed by atoms with van der Waals surface area (Å²) in [5, 5.41) is 10.2. The van der Waals surface area contributed by atoms with E-state index in [1.165, 1.54) is 76.5 Å². The lowest BCUT2D eigenvalue weighted by molar-refractivity contribution is 1.28. The molecule has 10 aromatic rings. The fraction of sp³-hybridized carbons (Fsp3) is 0. The monoisotopic (exact) mass is 673 g/mol. The van der Waals surface area contributed by atoms with Crippen molar-refractivity contribution in [2.45, 2.75) is 0 Å². The van der Waals surface area contributed by atoms with Crippen LogP contribution in [0.3, 0.4) is 0 Å². The molecule has 10 rings (SSSR count). The standard InChI is InChI=1S/C52H35N/c1-2-9-36(10-3-1)37-17-26-44(27-18-37)53(46-30-21-41(22-31-46)48-16-8-13-39-11-4-6-14-47(39)48)45-28-19-38(20-29-45)42-24-32-50-43(35-42)25-34-51-49-15-7-5-12-40(49)23-33-52(50)51/h1-35H. The first-order valence-electron chi connectivity index (χ1n) is 18.3. The van der Waals surface area contributed by atoms with Gasteiger partial charge in [0, 0.05) is 17.1 Å². The van der Waals surface area contributed by atoms with Crippen LogP contribution in [-0.4, -0.2) is 0 Å². The SMILES string of the molecule is c1ccc(-c2ccc(N(c3ccc(-c4ccc5c(ccc6c7ccccc7ccc56)c4)cc3)c3ccc(-c4cccc5ccccc45)cc3)cc2)cc1. The minimum Gasteiger partial charge on any atom is -0.311 e. The molecule has 0 aliphatic rings. The van der Waals surface area contributed by atoms with Crippen molar-refractivity contribution in [3.05, 3.63) is 212 Å². The molecular formula is C52H35N. The van der Waals surface area contributed by atoms with E-state index in [4.69, 9.17) is 0 Å². The van der Waals surface area contributed by atoms with Gasteiger partial charge in [-0.2, -0.15) is 0 Å². The van der Waals surface area contributed by atoms with Gasteiger partial charge in [0.1, 0.15) is 0 Å². The van der Waals surface area contributed by atoms with Crippen LogP contribution < -0.4 is 4.90 Å². The zero-order chi connectivity index (χ0) is 35.1. The Labute approximate surface area is 309 Å². The molecule has 53 heavy (non-hydrogen) atoms. The molecule has 0 spiro atoms. The minimum absolute atomic E-state index is 1.11. The Hall–Kier alpha value is -6.96. The number of hydrogen-bond acceptors (Lipinski definition) is 1. The molecule has 0 aliphatic carbocycles. The molecule has 0 atom stereocenters. The molecule has 0 bridgehead atoms. The van der Waals surface area contributed by atoms with Crippen LogP contribution in [-0.2, 0) is 0 Å². The maximum absolute atomic E-state index is 2.35. The van der Waals surface area contributed by atoms with Crippen LogP contribution in [0, 0.1) is 0 Å². The van der Waals surface area contributed by atoms with E-state index in [9.17, 15) is 0 Å². The first-order valence-corrected chi connectivity index (χ1v) is 18.3. The summed E-state index contributed by atoms with van der Waals surface area (Å²) in [4.78, 5) is 2.35. The van der Waals surface area contributed by atoms with E-state index in [-0.39, 0.29) is 0 Å². The van der Waals surface area contributed by atoms with Crippen LogP contribution in [0.15, 0.2) is 212 Å². The van der Waals surface area contributed by atoms with Gasteiger partial charge in [-0.15, -0.1) is 0 Å². The van der Waals surface area contributed by atoms with Gasteiger partial charge in [-0.25, -0.2) is 0 Å². The van der Waals surface area contributed by atoms with Gasteiger partial charge in [-0.1, -0.05) is 170 Å². The topological polar surface area (TPSA) is 3.24 Å². The van der Waals surface area contributed by atoms with Crippen molar-refractivity contribution in [1.82, 2.24) is 0 Å². The lowest BCUT2D eigenvalue weighted by Crippen LogP contribution is -2.09. The molecule has 0 aliphatic heterocycles. The van der Waals surface area contributed by atoms with Crippen molar-refractivity contribution in [2.24, 2.45) is 0 Å². The first-order chi connectivity index (χ1) is 26.3. The lowest BCUT2D eigenvalue weighted by Gasteiger charge is -2.26. The van der Waals surface area contributed by atoms with Gasteiger partial charge in [0.2, 0.25) is 0 Å². The summed E-state index contributed by atoms with van der Waals surface area (Å²) in [5.41, 5.74) is 10.6. The van der Waals surface area contributed by atoms with Gasteiger partial charge in [0.15, 0.2) is 0 Å². The number of benzene rings is 10. The maximum atomic E-state index is 2.35. The summed E-state index contributed by atoms with van der Waals surface area (Å²) in [7, 11) is 0. The van der Waals surface area contributed by atoms with Gasteiger partial charge in [0.05, 0.1) is 0 Å². The van der Waals surface area contributed by atoms with Gasteiger partial charge in [0.25, 0.3) is 0 Å². The second-order valence-electron chi connectivity index (χ2n) is 13.8. The van der Waals surface area contributed by atoms with Crippen molar-refractivity contribution in [1.29, 1.82) is 0 Å². The van der Waals surface area contributed by atoms with Gasteiger partial charge < -0.3 is 4.90 Å². The van der Waals surface area contributed by atoms with Crippen LogP contribution in [0.2, 0.25) is 0 Å². The number of nitrogens with zero attached hydrogens (tertiary/aromatic N) is 1. The zero-order valence-corrected chi connectivity index (χ0v) is 29.2. The van der Waals surface area contributed by atoms with Crippen molar-refractivity contribution < 1.29 is 0 Å². The second-order valence-corrected chi connectivity index (χ2v) is 13.8. The molecule has 0 amide bonds. The summed E-state index contributed by atoms with van der Waals surface area (Å²) in [6.45, 7) is 0.